The van der Waals surface area contributed by atoms with Crippen molar-refractivity contribution < 1.29 is 10.2 Å². The summed E-state index contributed by atoms with van der Waals surface area (Å²) in [7, 11) is 0. The Morgan fingerprint density at radius 3 is 2.22 bits per heavy atom. The Labute approximate surface area is 108 Å². The molecule has 0 saturated heterocycles. The molecule has 2 heteroatoms. The van der Waals surface area contributed by atoms with Gasteiger partial charge in [0.15, 0.2) is 0 Å². The highest BCUT2D eigenvalue weighted by atomic mass is 16.3. The third kappa shape index (κ3) is 2.19. The zero-order chi connectivity index (χ0) is 13.3. The maximum atomic E-state index is 9.88. The summed E-state index contributed by atoms with van der Waals surface area (Å²) in [5.74, 6) is 0.689. The molecule has 0 aliphatic heterocycles. The summed E-state index contributed by atoms with van der Waals surface area (Å²) in [5, 5.41) is 19.7. The monoisotopic (exact) mass is 242 g/mol. The van der Waals surface area contributed by atoms with Crippen molar-refractivity contribution in [3.63, 3.8) is 0 Å². The zero-order valence-electron chi connectivity index (χ0n) is 11.0. The SMILES string of the molecule is Cc1cc(Cc2ccccc2O)c(C)c(C)c1O. The minimum Gasteiger partial charge on any atom is -0.508 e. The van der Waals surface area contributed by atoms with E-state index in [2.05, 4.69) is 0 Å². The van der Waals surface area contributed by atoms with E-state index >= 15 is 0 Å². The van der Waals surface area contributed by atoms with Gasteiger partial charge in [-0.05, 0) is 54.7 Å². The van der Waals surface area contributed by atoms with E-state index in [0.717, 1.165) is 27.8 Å². The molecule has 18 heavy (non-hydrogen) atoms. The van der Waals surface area contributed by atoms with Crippen LogP contribution in [0.25, 0.3) is 0 Å². The maximum absolute atomic E-state index is 9.88. The van der Waals surface area contributed by atoms with Crippen molar-refractivity contribution in [1.29, 1.82) is 0 Å². The summed E-state index contributed by atoms with van der Waals surface area (Å²) in [6.45, 7) is 5.83. The van der Waals surface area contributed by atoms with E-state index in [1.54, 1.807) is 6.07 Å². The molecule has 2 aromatic carbocycles. The van der Waals surface area contributed by atoms with E-state index in [0.29, 0.717) is 17.9 Å². The van der Waals surface area contributed by atoms with Gasteiger partial charge >= 0.3 is 0 Å². The summed E-state index contributed by atoms with van der Waals surface area (Å²) in [5.41, 5.74) is 4.93. The first-order valence-corrected chi connectivity index (χ1v) is 6.06. The van der Waals surface area contributed by atoms with Gasteiger partial charge in [0, 0.05) is 6.42 Å². The van der Waals surface area contributed by atoms with Crippen LogP contribution in [0.5, 0.6) is 11.5 Å². The average Bonchev–Trinajstić information content (AvgIpc) is 2.36. The van der Waals surface area contributed by atoms with Crippen molar-refractivity contribution in [1.82, 2.24) is 0 Å². The summed E-state index contributed by atoms with van der Waals surface area (Å²) in [6, 6.07) is 9.35. The lowest BCUT2D eigenvalue weighted by atomic mass is 9.94. The average molecular weight is 242 g/mol. The molecule has 0 atom stereocenters. The molecule has 0 heterocycles. The summed E-state index contributed by atoms with van der Waals surface area (Å²) in [6.07, 6.45) is 0.681. The van der Waals surface area contributed by atoms with Crippen LogP contribution >= 0.6 is 0 Å². The highest BCUT2D eigenvalue weighted by Gasteiger charge is 2.10. The number of phenolic OH excluding ortho intramolecular Hbond substituents is 2. The summed E-state index contributed by atoms with van der Waals surface area (Å²) >= 11 is 0. The first-order valence-electron chi connectivity index (χ1n) is 6.06. The number of para-hydroxylation sites is 1. The molecule has 0 aliphatic carbocycles. The zero-order valence-corrected chi connectivity index (χ0v) is 11.0. The number of hydrogen-bond donors (Lipinski definition) is 2. The van der Waals surface area contributed by atoms with Gasteiger partial charge in [-0.15, -0.1) is 0 Å². The van der Waals surface area contributed by atoms with Crippen molar-refractivity contribution in [3.05, 3.63) is 58.1 Å². The van der Waals surface area contributed by atoms with Crippen LogP contribution in [-0.4, -0.2) is 10.2 Å². The Bertz CT molecular complexity index is 586. The first kappa shape index (κ1) is 12.5. The van der Waals surface area contributed by atoms with Crippen molar-refractivity contribution in [2.75, 3.05) is 0 Å². The molecule has 2 nitrogen and oxygen atoms in total. The Morgan fingerprint density at radius 1 is 0.889 bits per heavy atom. The number of phenols is 2. The van der Waals surface area contributed by atoms with Crippen LogP contribution in [0, 0.1) is 20.8 Å². The van der Waals surface area contributed by atoms with Crippen molar-refractivity contribution in [3.8, 4) is 11.5 Å². The van der Waals surface area contributed by atoms with Crippen LogP contribution < -0.4 is 0 Å². The van der Waals surface area contributed by atoms with E-state index in [-0.39, 0.29) is 0 Å². The largest absolute Gasteiger partial charge is 0.508 e. The predicted molar refractivity (Wildman–Crippen MR) is 73.2 cm³/mol. The molecular formula is C16H18O2. The Morgan fingerprint density at radius 2 is 1.56 bits per heavy atom. The second-order valence-corrected chi connectivity index (χ2v) is 4.76. The molecule has 0 radical (unpaired) electrons. The maximum Gasteiger partial charge on any atom is 0.121 e. The molecular weight excluding hydrogens is 224 g/mol. The lowest BCUT2D eigenvalue weighted by molar-refractivity contribution is 0.465. The highest BCUT2D eigenvalue weighted by molar-refractivity contribution is 5.50. The molecule has 0 unspecified atom stereocenters. The molecule has 0 aliphatic rings. The third-order valence-electron chi connectivity index (χ3n) is 3.54. The first-order chi connectivity index (χ1) is 8.50. The normalized spacial score (nSPS) is 10.6. The van der Waals surface area contributed by atoms with Gasteiger partial charge < -0.3 is 10.2 Å². The van der Waals surface area contributed by atoms with Crippen LogP contribution in [0.15, 0.2) is 30.3 Å². The third-order valence-corrected chi connectivity index (χ3v) is 3.54. The fourth-order valence-electron chi connectivity index (χ4n) is 2.20. The van der Waals surface area contributed by atoms with Crippen molar-refractivity contribution in [2.24, 2.45) is 0 Å². The van der Waals surface area contributed by atoms with Crippen molar-refractivity contribution >= 4 is 0 Å². The molecule has 0 saturated carbocycles. The fourth-order valence-corrected chi connectivity index (χ4v) is 2.20. The van der Waals surface area contributed by atoms with Gasteiger partial charge in [0.1, 0.15) is 11.5 Å². The Hall–Kier alpha value is -1.96. The predicted octanol–water partition coefficient (Wildman–Crippen LogP) is 3.61. The van der Waals surface area contributed by atoms with Crippen LogP contribution in [-0.2, 0) is 6.42 Å². The van der Waals surface area contributed by atoms with Gasteiger partial charge in [0.05, 0.1) is 0 Å². The van der Waals surface area contributed by atoms with Gasteiger partial charge in [-0.25, -0.2) is 0 Å². The lowest BCUT2D eigenvalue weighted by Gasteiger charge is -2.13. The molecule has 2 aromatic rings. The van der Waals surface area contributed by atoms with Gasteiger partial charge in [0.2, 0.25) is 0 Å². The number of rotatable bonds is 2. The molecule has 2 rings (SSSR count). The van der Waals surface area contributed by atoms with Gasteiger partial charge in [-0.1, -0.05) is 24.3 Å². The number of aryl methyl sites for hydroxylation is 1. The molecule has 0 bridgehead atoms. The van der Waals surface area contributed by atoms with E-state index in [1.807, 2.05) is 45.0 Å². The highest BCUT2D eigenvalue weighted by Crippen LogP contribution is 2.30. The molecule has 2 N–H and O–H groups in total. The van der Waals surface area contributed by atoms with E-state index < -0.39 is 0 Å². The van der Waals surface area contributed by atoms with E-state index in [9.17, 15) is 10.2 Å². The van der Waals surface area contributed by atoms with E-state index in [1.165, 1.54) is 0 Å². The second-order valence-electron chi connectivity index (χ2n) is 4.76. The number of aromatic hydroxyl groups is 2. The molecule has 0 spiro atoms. The van der Waals surface area contributed by atoms with Gasteiger partial charge in [-0.3, -0.25) is 0 Å². The number of hydrogen-bond acceptors (Lipinski definition) is 2. The minimum absolute atomic E-state index is 0.320. The van der Waals surface area contributed by atoms with Crippen LogP contribution in [0.1, 0.15) is 27.8 Å². The minimum atomic E-state index is 0.320. The lowest BCUT2D eigenvalue weighted by Crippen LogP contribution is -1.97. The van der Waals surface area contributed by atoms with Crippen LogP contribution in [0.2, 0.25) is 0 Å². The molecule has 0 aromatic heterocycles. The quantitative estimate of drug-likeness (QED) is 0.844. The molecule has 94 valence electrons. The van der Waals surface area contributed by atoms with Crippen molar-refractivity contribution in [2.45, 2.75) is 27.2 Å². The van der Waals surface area contributed by atoms with E-state index in [4.69, 9.17) is 0 Å². The Balaban J connectivity index is 2.45. The van der Waals surface area contributed by atoms with Gasteiger partial charge in [0.25, 0.3) is 0 Å². The van der Waals surface area contributed by atoms with Crippen LogP contribution in [0.3, 0.4) is 0 Å². The fraction of sp³-hybridized carbons (Fsp3) is 0.250. The summed E-state index contributed by atoms with van der Waals surface area (Å²) < 4.78 is 0. The van der Waals surface area contributed by atoms with Crippen LogP contribution in [0.4, 0.5) is 0 Å². The second kappa shape index (κ2) is 4.73. The molecule has 0 amide bonds. The van der Waals surface area contributed by atoms with Gasteiger partial charge in [-0.2, -0.15) is 0 Å². The molecule has 0 fully saturated rings. The standard InChI is InChI=1S/C16H18O2/c1-10-8-14(11(2)12(3)16(10)18)9-13-6-4-5-7-15(13)17/h4-8,17-18H,9H2,1-3H3. The Kier molecular flexibility index (Phi) is 3.28. The topological polar surface area (TPSA) is 40.5 Å². The summed E-state index contributed by atoms with van der Waals surface area (Å²) in [4.78, 5) is 0. The smallest absolute Gasteiger partial charge is 0.121 e. The number of benzene rings is 2.